The van der Waals surface area contributed by atoms with E-state index in [2.05, 4.69) is 15.5 Å². The summed E-state index contributed by atoms with van der Waals surface area (Å²) in [6, 6.07) is 0. The molecule has 1 aliphatic heterocycles. The van der Waals surface area contributed by atoms with Crippen LogP contribution in [0.15, 0.2) is 0 Å². The Morgan fingerprint density at radius 1 is 1.35 bits per heavy atom. The van der Waals surface area contributed by atoms with E-state index in [1.165, 1.54) is 12.8 Å². The summed E-state index contributed by atoms with van der Waals surface area (Å²) < 4.78 is 7.02. The van der Waals surface area contributed by atoms with Crippen molar-refractivity contribution >= 4 is 5.97 Å². The lowest BCUT2D eigenvalue weighted by Crippen LogP contribution is -2.41. The van der Waals surface area contributed by atoms with Gasteiger partial charge in [-0.2, -0.15) is 0 Å². The summed E-state index contributed by atoms with van der Waals surface area (Å²) in [6.07, 6.45) is 5.65. The molecule has 1 N–H and O–H groups in total. The van der Waals surface area contributed by atoms with Crippen molar-refractivity contribution in [2.24, 2.45) is 5.41 Å². The number of ether oxygens (including phenoxy) is 1. The van der Waals surface area contributed by atoms with Crippen LogP contribution in [0, 0.1) is 5.41 Å². The number of carbonyl (C=O) groups is 1. The Bertz CT molecular complexity index is 476. The van der Waals surface area contributed by atoms with E-state index in [9.17, 15) is 9.90 Å². The molecule has 110 valence electrons. The van der Waals surface area contributed by atoms with E-state index in [1.807, 2.05) is 0 Å². The van der Waals surface area contributed by atoms with Gasteiger partial charge in [0.05, 0.1) is 12.0 Å². The van der Waals surface area contributed by atoms with Gasteiger partial charge in [0.1, 0.15) is 0 Å². The maximum atomic E-state index is 11.7. The predicted molar refractivity (Wildman–Crippen MR) is 69.1 cm³/mol. The van der Waals surface area contributed by atoms with Gasteiger partial charge in [0.2, 0.25) is 0 Å². The molecule has 0 bridgehead atoms. The molecule has 0 aromatic carbocycles. The summed E-state index contributed by atoms with van der Waals surface area (Å²) in [5.41, 5.74) is -0.791. The third-order valence-corrected chi connectivity index (χ3v) is 4.64. The largest absolute Gasteiger partial charge is 0.481 e. The molecule has 20 heavy (non-hydrogen) atoms. The van der Waals surface area contributed by atoms with Crippen LogP contribution < -0.4 is 0 Å². The van der Waals surface area contributed by atoms with Gasteiger partial charge in [0, 0.05) is 19.1 Å². The molecule has 2 heterocycles. The van der Waals surface area contributed by atoms with Crippen LogP contribution in [0.25, 0.3) is 0 Å². The standard InChI is InChI=1S/C13H20N4O3/c18-12(19)13(5-7-20-8-6-13)9-17-11(14-15-16-17)10-3-1-2-4-10/h10H,1-9H2,(H,18,19). The lowest BCUT2D eigenvalue weighted by molar-refractivity contribution is -0.156. The Morgan fingerprint density at radius 2 is 2.05 bits per heavy atom. The summed E-state index contributed by atoms with van der Waals surface area (Å²) in [7, 11) is 0. The molecule has 3 rings (SSSR count). The van der Waals surface area contributed by atoms with Crippen LogP contribution in [-0.2, 0) is 16.1 Å². The fourth-order valence-corrected chi connectivity index (χ4v) is 3.29. The van der Waals surface area contributed by atoms with Gasteiger partial charge in [-0.15, -0.1) is 5.10 Å². The number of aromatic nitrogens is 4. The first-order valence-corrected chi connectivity index (χ1v) is 7.28. The van der Waals surface area contributed by atoms with Gasteiger partial charge < -0.3 is 9.84 Å². The van der Waals surface area contributed by atoms with Gasteiger partial charge in [-0.3, -0.25) is 4.79 Å². The lowest BCUT2D eigenvalue weighted by Gasteiger charge is -2.33. The Balaban J connectivity index is 1.82. The average molecular weight is 280 g/mol. The monoisotopic (exact) mass is 280 g/mol. The molecule has 0 radical (unpaired) electrons. The van der Waals surface area contributed by atoms with Crippen molar-refractivity contribution in [1.29, 1.82) is 0 Å². The van der Waals surface area contributed by atoms with E-state index in [0.717, 1.165) is 18.7 Å². The zero-order valence-corrected chi connectivity index (χ0v) is 11.5. The van der Waals surface area contributed by atoms with Crippen LogP contribution in [0.4, 0.5) is 0 Å². The van der Waals surface area contributed by atoms with E-state index < -0.39 is 11.4 Å². The fraction of sp³-hybridized carbons (Fsp3) is 0.846. The molecule has 1 aromatic heterocycles. The molecule has 7 nitrogen and oxygen atoms in total. The van der Waals surface area contributed by atoms with Gasteiger partial charge in [-0.1, -0.05) is 12.8 Å². The van der Waals surface area contributed by atoms with Crippen molar-refractivity contribution in [3.05, 3.63) is 5.82 Å². The third kappa shape index (κ3) is 2.42. The minimum Gasteiger partial charge on any atom is -0.481 e. The van der Waals surface area contributed by atoms with E-state index in [1.54, 1.807) is 4.68 Å². The molecule has 0 spiro atoms. The molecule has 2 aliphatic rings. The first kappa shape index (κ1) is 13.5. The van der Waals surface area contributed by atoms with E-state index in [4.69, 9.17) is 4.74 Å². The second kappa shape index (κ2) is 5.47. The molecule has 7 heteroatoms. The van der Waals surface area contributed by atoms with Crippen molar-refractivity contribution in [3.8, 4) is 0 Å². The fourth-order valence-electron chi connectivity index (χ4n) is 3.29. The molecule has 1 saturated carbocycles. The van der Waals surface area contributed by atoms with Crippen LogP contribution >= 0.6 is 0 Å². The summed E-state index contributed by atoms with van der Waals surface area (Å²) in [6.45, 7) is 1.34. The van der Waals surface area contributed by atoms with Crippen LogP contribution in [0.1, 0.15) is 50.3 Å². The zero-order valence-electron chi connectivity index (χ0n) is 11.5. The van der Waals surface area contributed by atoms with Crippen LogP contribution in [0.5, 0.6) is 0 Å². The quantitative estimate of drug-likeness (QED) is 0.891. The van der Waals surface area contributed by atoms with Crippen molar-refractivity contribution in [3.63, 3.8) is 0 Å². The number of hydrogen-bond acceptors (Lipinski definition) is 5. The molecule has 0 amide bonds. The first-order chi connectivity index (χ1) is 9.71. The van der Waals surface area contributed by atoms with E-state index >= 15 is 0 Å². The van der Waals surface area contributed by atoms with Gasteiger partial charge in [0.25, 0.3) is 0 Å². The molecule has 1 aliphatic carbocycles. The summed E-state index contributed by atoms with van der Waals surface area (Å²) in [5.74, 6) is 0.471. The smallest absolute Gasteiger partial charge is 0.311 e. The Labute approximate surface area is 117 Å². The van der Waals surface area contributed by atoms with Gasteiger partial charge in [-0.05, 0) is 36.1 Å². The number of tetrazole rings is 1. The topological polar surface area (TPSA) is 90.1 Å². The second-order valence-electron chi connectivity index (χ2n) is 5.87. The maximum Gasteiger partial charge on any atom is 0.311 e. The maximum absolute atomic E-state index is 11.7. The predicted octanol–water partition coefficient (Wildman–Crippen LogP) is 1.21. The van der Waals surface area contributed by atoms with Crippen molar-refractivity contribution < 1.29 is 14.6 Å². The third-order valence-electron chi connectivity index (χ3n) is 4.64. The highest BCUT2D eigenvalue weighted by Gasteiger charge is 2.42. The molecule has 1 saturated heterocycles. The van der Waals surface area contributed by atoms with Crippen molar-refractivity contribution in [1.82, 2.24) is 20.2 Å². The molecule has 1 aromatic rings. The average Bonchev–Trinajstić information content (AvgIpc) is 3.10. The number of rotatable bonds is 4. The second-order valence-corrected chi connectivity index (χ2v) is 5.87. The van der Waals surface area contributed by atoms with Crippen molar-refractivity contribution in [2.45, 2.75) is 51.0 Å². The van der Waals surface area contributed by atoms with E-state index in [-0.39, 0.29) is 0 Å². The number of nitrogens with zero attached hydrogens (tertiary/aromatic N) is 4. The number of aliphatic carboxylic acids is 1. The Kier molecular flexibility index (Phi) is 3.69. The molecule has 0 atom stereocenters. The summed E-state index contributed by atoms with van der Waals surface area (Å²) >= 11 is 0. The van der Waals surface area contributed by atoms with E-state index in [0.29, 0.717) is 38.5 Å². The normalized spacial score (nSPS) is 23.0. The lowest BCUT2D eigenvalue weighted by atomic mass is 9.80. The van der Waals surface area contributed by atoms with Crippen LogP contribution in [-0.4, -0.2) is 44.5 Å². The summed E-state index contributed by atoms with van der Waals surface area (Å²) in [4.78, 5) is 11.7. The minimum atomic E-state index is -0.791. The Hall–Kier alpha value is -1.50. The molecule has 0 unspecified atom stereocenters. The Morgan fingerprint density at radius 3 is 2.70 bits per heavy atom. The highest BCUT2D eigenvalue weighted by molar-refractivity contribution is 5.74. The zero-order chi connectivity index (χ0) is 14.0. The first-order valence-electron chi connectivity index (χ1n) is 7.28. The number of carboxylic acids is 1. The highest BCUT2D eigenvalue weighted by atomic mass is 16.5. The van der Waals surface area contributed by atoms with Crippen LogP contribution in [0.2, 0.25) is 0 Å². The minimum absolute atomic E-state index is 0.352. The highest BCUT2D eigenvalue weighted by Crippen LogP contribution is 2.36. The molecule has 2 fully saturated rings. The SMILES string of the molecule is O=C(O)C1(Cn2nnnc2C2CCCC2)CCOCC1. The number of carboxylic acid groups (broad SMARTS) is 1. The van der Waals surface area contributed by atoms with Gasteiger partial charge in [0.15, 0.2) is 5.82 Å². The van der Waals surface area contributed by atoms with Crippen LogP contribution in [0.3, 0.4) is 0 Å². The molecular weight excluding hydrogens is 260 g/mol. The number of hydrogen-bond donors (Lipinski definition) is 1. The summed E-state index contributed by atoms with van der Waals surface area (Å²) in [5, 5.41) is 21.5. The molecular formula is C13H20N4O3. The van der Waals surface area contributed by atoms with Crippen molar-refractivity contribution in [2.75, 3.05) is 13.2 Å². The van der Waals surface area contributed by atoms with Gasteiger partial charge >= 0.3 is 5.97 Å². The van der Waals surface area contributed by atoms with Gasteiger partial charge in [-0.25, -0.2) is 4.68 Å².